The maximum absolute atomic E-state index is 14.2. The lowest BCUT2D eigenvalue weighted by Crippen LogP contribution is -2.23. The summed E-state index contributed by atoms with van der Waals surface area (Å²) in [6.45, 7) is 0.0188. The Labute approximate surface area is 209 Å². The number of nitrogens with one attached hydrogen (secondary N) is 1. The largest absolute Gasteiger partial charge is 0.433 e. The van der Waals surface area contributed by atoms with Crippen LogP contribution in [-0.4, -0.2) is 29.4 Å². The molecule has 0 aliphatic carbocycles. The van der Waals surface area contributed by atoms with Gasteiger partial charge in [0.15, 0.2) is 11.5 Å². The summed E-state index contributed by atoms with van der Waals surface area (Å²) in [5, 5.41) is 9.08. The lowest BCUT2D eigenvalue weighted by Gasteiger charge is -2.10. The monoisotopic (exact) mass is 530 g/mol. The molecule has 0 spiro atoms. The molecule has 0 bridgehead atoms. The van der Waals surface area contributed by atoms with E-state index >= 15 is 0 Å². The van der Waals surface area contributed by atoms with Gasteiger partial charge in [0, 0.05) is 34.1 Å². The predicted octanol–water partition coefficient (Wildman–Crippen LogP) is 4.36. The third-order valence-corrected chi connectivity index (χ3v) is 5.89. The molecule has 0 radical (unpaired) electrons. The average molecular weight is 531 g/mol. The Morgan fingerprint density at radius 3 is 2.41 bits per heavy atom. The zero-order valence-electron chi connectivity index (χ0n) is 18.6. The third kappa shape index (κ3) is 4.75. The van der Waals surface area contributed by atoms with Crippen molar-refractivity contribution in [3.63, 3.8) is 0 Å². The lowest BCUT2D eigenvalue weighted by molar-refractivity contribution is -0.141. The molecule has 188 valence electrons. The van der Waals surface area contributed by atoms with E-state index in [2.05, 4.69) is 20.2 Å². The fraction of sp³-hybridized carbons (Fsp3) is 0.125. The van der Waals surface area contributed by atoms with E-state index in [1.807, 2.05) is 0 Å². The number of pyridine rings is 2. The second kappa shape index (κ2) is 9.28. The first kappa shape index (κ1) is 24.4. The van der Waals surface area contributed by atoms with E-state index in [-0.39, 0.29) is 24.2 Å². The smallest absolute Gasteiger partial charge is 0.326 e. The Balaban J connectivity index is 1.59. The Morgan fingerprint density at radius 1 is 1.00 bits per heavy atom. The van der Waals surface area contributed by atoms with Crippen LogP contribution < -0.4 is 11.2 Å². The maximum atomic E-state index is 14.2. The fourth-order valence-corrected chi connectivity index (χ4v) is 3.94. The first-order valence-corrected chi connectivity index (χ1v) is 11.1. The van der Waals surface area contributed by atoms with Crippen molar-refractivity contribution in [3.8, 4) is 22.3 Å². The highest BCUT2D eigenvalue weighted by Gasteiger charge is 2.32. The van der Waals surface area contributed by atoms with E-state index in [1.165, 1.54) is 18.5 Å². The zero-order chi connectivity index (χ0) is 26.3. The average Bonchev–Trinajstić information content (AvgIpc) is 3.19. The van der Waals surface area contributed by atoms with Gasteiger partial charge in [-0.2, -0.15) is 22.8 Å². The normalized spacial score (nSPS) is 11.8. The van der Waals surface area contributed by atoms with Crippen LogP contribution in [0.5, 0.6) is 0 Å². The molecule has 5 rings (SSSR count). The second-order valence-corrected chi connectivity index (χ2v) is 8.48. The topological polar surface area (TPSA) is 97.9 Å². The number of fused-ring (bicyclic) bond motifs is 1. The highest BCUT2D eigenvalue weighted by atomic mass is 35.5. The van der Waals surface area contributed by atoms with Gasteiger partial charge >= 0.3 is 11.9 Å². The molecule has 1 aromatic carbocycles. The van der Waals surface area contributed by atoms with E-state index in [9.17, 15) is 27.2 Å². The fourth-order valence-electron chi connectivity index (χ4n) is 3.81. The van der Waals surface area contributed by atoms with Crippen LogP contribution in [0.1, 0.15) is 11.3 Å². The first-order chi connectivity index (χ1) is 17.6. The minimum Gasteiger partial charge on any atom is -0.326 e. The number of H-pyrrole nitrogens is 1. The molecule has 0 aliphatic heterocycles. The molecule has 5 aromatic rings. The number of aromatic amines is 1. The van der Waals surface area contributed by atoms with Crippen LogP contribution >= 0.6 is 11.6 Å². The molecule has 0 aliphatic rings. The molecule has 0 saturated heterocycles. The number of rotatable bonds is 5. The molecule has 0 saturated carbocycles. The van der Waals surface area contributed by atoms with Gasteiger partial charge in [0.25, 0.3) is 5.56 Å². The molecule has 8 nitrogen and oxygen atoms in total. The molecule has 0 unspecified atom stereocenters. The van der Waals surface area contributed by atoms with Gasteiger partial charge in [-0.3, -0.25) is 9.78 Å². The minimum atomic E-state index is -4.55. The number of hydrogen-bond donors (Lipinski definition) is 1. The van der Waals surface area contributed by atoms with Gasteiger partial charge in [0.1, 0.15) is 5.69 Å². The van der Waals surface area contributed by atoms with Crippen LogP contribution in [0.4, 0.5) is 17.6 Å². The molecule has 37 heavy (non-hydrogen) atoms. The maximum Gasteiger partial charge on any atom is 0.433 e. The van der Waals surface area contributed by atoms with Gasteiger partial charge in [-0.05, 0) is 41.8 Å². The van der Waals surface area contributed by atoms with E-state index in [4.69, 9.17) is 11.6 Å². The van der Waals surface area contributed by atoms with Crippen molar-refractivity contribution in [3.05, 3.63) is 104 Å². The Hall–Kier alpha value is -4.32. The summed E-state index contributed by atoms with van der Waals surface area (Å²) in [7, 11) is 0. The molecule has 4 heterocycles. The van der Waals surface area contributed by atoms with Crippen molar-refractivity contribution in [1.82, 2.24) is 29.4 Å². The van der Waals surface area contributed by atoms with Crippen molar-refractivity contribution >= 4 is 17.2 Å². The summed E-state index contributed by atoms with van der Waals surface area (Å²) in [5.41, 5.74) is -0.239. The van der Waals surface area contributed by atoms with Crippen molar-refractivity contribution in [1.29, 1.82) is 0 Å². The number of hydrogen-bond acceptors (Lipinski definition) is 5. The van der Waals surface area contributed by atoms with E-state index in [0.29, 0.717) is 27.3 Å². The SMILES string of the molecule is O=c1[nH]cc(-c2c(-c3ccc(Cl)cc3)cnn3c(=O)n(CCc4ccc(C(F)(F)F)nc4)nc23)cc1F. The number of aromatic nitrogens is 6. The quantitative estimate of drug-likeness (QED) is 0.340. The van der Waals surface area contributed by atoms with Crippen LogP contribution in [0.3, 0.4) is 0 Å². The number of aryl methyl sites for hydroxylation is 2. The third-order valence-electron chi connectivity index (χ3n) is 5.64. The summed E-state index contributed by atoms with van der Waals surface area (Å²) >= 11 is 6.00. The molecule has 0 amide bonds. The summed E-state index contributed by atoms with van der Waals surface area (Å²) < 4.78 is 54.6. The molecular weight excluding hydrogens is 516 g/mol. The Bertz CT molecular complexity index is 1720. The van der Waals surface area contributed by atoms with Crippen LogP contribution in [-0.2, 0) is 19.1 Å². The number of nitrogens with zero attached hydrogens (tertiary/aromatic N) is 5. The number of halogens is 5. The van der Waals surface area contributed by atoms with Gasteiger partial charge in [-0.25, -0.2) is 13.9 Å². The predicted molar refractivity (Wildman–Crippen MR) is 127 cm³/mol. The zero-order valence-corrected chi connectivity index (χ0v) is 19.4. The second-order valence-electron chi connectivity index (χ2n) is 8.05. The Kier molecular flexibility index (Phi) is 6.12. The summed E-state index contributed by atoms with van der Waals surface area (Å²) in [5.74, 6) is -1.02. The highest BCUT2D eigenvalue weighted by Crippen LogP contribution is 2.34. The first-order valence-electron chi connectivity index (χ1n) is 10.8. The molecule has 4 aromatic heterocycles. The van der Waals surface area contributed by atoms with Crippen LogP contribution in [0.2, 0.25) is 5.02 Å². The van der Waals surface area contributed by atoms with Crippen molar-refractivity contribution < 1.29 is 17.6 Å². The van der Waals surface area contributed by atoms with Gasteiger partial charge in [0.2, 0.25) is 0 Å². The van der Waals surface area contributed by atoms with Crippen molar-refractivity contribution in [2.24, 2.45) is 0 Å². The molecule has 0 atom stereocenters. The minimum absolute atomic E-state index is 0.0188. The molecule has 1 N–H and O–H groups in total. The van der Waals surface area contributed by atoms with Gasteiger partial charge in [-0.15, -0.1) is 5.10 Å². The standard InChI is InChI=1S/C24H15ClF4N6O2/c25-16-4-2-14(3-5-16)17-12-32-35-21(20(17)15-9-18(26)22(36)31-11-15)33-34(23(35)37)8-7-13-1-6-19(30-10-13)24(27,28)29/h1-6,9-12H,7-8H2,(H,31,36). The van der Waals surface area contributed by atoms with Gasteiger partial charge < -0.3 is 4.98 Å². The molecule has 0 fully saturated rings. The van der Waals surface area contributed by atoms with Gasteiger partial charge in [-0.1, -0.05) is 29.8 Å². The summed E-state index contributed by atoms with van der Waals surface area (Å²) in [6, 6.07) is 9.92. The van der Waals surface area contributed by atoms with Crippen LogP contribution in [0.25, 0.3) is 27.9 Å². The van der Waals surface area contributed by atoms with E-state index in [0.717, 1.165) is 27.5 Å². The van der Waals surface area contributed by atoms with Crippen LogP contribution in [0, 0.1) is 5.82 Å². The van der Waals surface area contributed by atoms with Crippen molar-refractivity contribution in [2.45, 2.75) is 19.1 Å². The van der Waals surface area contributed by atoms with E-state index < -0.39 is 28.9 Å². The van der Waals surface area contributed by atoms with Gasteiger partial charge in [0.05, 0.1) is 12.7 Å². The van der Waals surface area contributed by atoms with Crippen molar-refractivity contribution in [2.75, 3.05) is 0 Å². The highest BCUT2D eigenvalue weighted by molar-refractivity contribution is 6.30. The molecule has 13 heteroatoms. The lowest BCUT2D eigenvalue weighted by atomic mass is 9.98. The Morgan fingerprint density at radius 2 is 1.76 bits per heavy atom. The number of alkyl halides is 3. The number of benzene rings is 1. The van der Waals surface area contributed by atoms with E-state index in [1.54, 1.807) is 24.3 Å². The summed E-state index contributed by atoms with van der Waals surface area (Å²) in [6.07, 6.45) is -0.571. The molecular formula is C24H15ClF4N6O2. The van der Waals surface area contributed by atoms with Crippen LogP contribution in [0.15, 0.2) is 70.6 Å². The summed E-state index contributed by atoms with van der Waals surface area (Å²) in [4.78, 5) is 30.4.